The molecule has 1 amide bonds. The first-order valence-electron chi connectivity index (χ1n) is 7.14. The molecule has 11 heteroatoms. The number of hydrogen-bond acceptors (Lipinski definition) is 3. The van der Waals surface area contributed by atoms with E-state index < -0.39 is 40.4 Å². The SMILES string of the molecule is CNC(=O)C(C)Oc1cc(-c2nn(C)c(C(F)(F)F)c2Cl)c(F)cc1Cl. The lowest BCUT2D eigenvalue weighted by atomic mass is 10.1. The first-order chi connectivity index (χ1) is 12.0. The third kappa shape index (κ3) is 3.88. The monoisotopic (exact) mass is 413 g/mol. The van der Waals surface area contributed by atoms with E-state index in [0.29, 0.717) is 4.68 Å². The van der Waals surface area contributed by atoms with Crippen LogP contribution in [0, 0.1) is 5.82 Å². The summed E-state index contributed by atoms with van der Waals surface area (Å²) in [5, 5.41) is 5.09. The number of halogens is 6. The average molecular weight is 414 g/mol. The lowest BCUT2D eigenvalue weighted by molar-refractivity contribution is -0.143. The minimum absolute atomic E-state index is 0.102. The van der Waals surface area contributed by atoms with Crippen LogP contribution in [0.3, 0.4) is 0 Å². The number of aryl methyl sites for hydroxylation is 1. The Balaban J connectivity index is 2.55. The van der Waals surface area contributed by atoms with E-state index in [2.05, 4.69) is 10.4 Å². The van der Waals surface area contributed by atoms with E-state index in [4.69, 9.17) is 27.9 Å². The summed E-state index contributed by atoms with van der Waals surface area (Å²) in [6.07, 6.45) is -5.74. The van der Waals surface area contributed by atoms with Gasteiger partial charge < -0.3 is 10.1 Å². The molecule has 0 fully saturated rings. The Kier molecular flexibility index (Phi) is 5.72. The minimum Gasteiger partial charge on any atom is -0.479 e. The second kappa shape index (κ2) is 7.32. The number of nitrogens with one attached hydrogen (secondary N) is 1. The number of amides is 1. The molecule has 1 heterocycles. The van der Waals surface area contributed by atoms with Crippen LogP contribution < -0.4 is 10.1 Å². The lowest BCUT2D eigenvalue weighted by Gasteiger charge is -2.15. The van der Waals surface area contributed by atoms with Gasteiger partial charge in [0.15, 0.2) is 11.8 Å². The fourth-order valence-corrected chi connectivity index (χ4v) is 2.79. The number of carbonyl (C=O) groups is 1. The van der Waals surface area contributed by atoms with Crippen molar-refractivity contribution < 1.29 is 27.1 Å². The Morgan fingerprint density at radius 1 is 1.35 bits per heavy atom. The number of rotatable bonds is 4. The molecule has 2 aromatic rings. The van der Waals surface area contributed by atoms with Crippen LogP contribution in [0.4, 0.5) is 17.6 Å². The fraction of sp³-hybridized carbons (Fsp3) is 0.333. The molecule has 5 nitrogen and oxygen atoms in total. The summed E-state index contributed by atoms with van der Waals surface area (Å²) in [5.74, 6) is -1.51. The molecule has 0 aliphatic rings. The smallest absolute Gasteiger partial charge is 0.434 e. The fourth-order valence-electron chi connectivity index (χ4n) is 2.23. The van der Waals surface area contributed by atoms with Crippen LogP contribution in [0.25, 0.3) is 11.3 Å². The maximum Gasteiger partial charge on any atom is 0.434 e. The van der Waals surface area contributed by atoms with Crippen molar-refractivity contribution in [3.05, 3.63) is 33.7 Å². The largest absolute Gasteiger partial charge is 0.479 e. The van der Waals surface area contributed by atoms with E-state index in [1.165, 1.54) is 14.0 Å². The van der Waals surface area contributed by atoms with Crippen LogP contribution in [-0.2, 0) is 18.0 Å². The number of ether oxygens (including phenoxy) is 1. The van der Waals surface area contributed by atoms with Crippen LogP contribution in [-0.4, -0.2) is 28.8 Å². The molecular formula is C15H13Cl2F4N3O2. The molecular weight excluding hydrogens is 401 g/mol. The van der Waals surface area contributed by atoms with Crippen LogP contribution in [0.5, 0.6) is 5.75 Å². The Morgan fingerprint density at radius 2 is 1.96 bits per heavy atom. The summed E-state index contributed by atoms with van der Waals surface area (Å²) in [4.78, 5) is 11.5. The third-order valence-electron chi connectivity index (χ3n) is 3.45. The van der Waals surface area contributed by atoms with Gasteiger partial charge >= 0.3 is 6.18 Å². The molecule has 1 aromatic heterocycles. The highest BCUT2D eigenvalue weighted by Gasteiger charge is 2.39. The summed E-state index contributed by atoms with van der Waals surface area (Å²) in [6.45, 7) is 1.42. The molecule has 1 atom stereocenters. The molecule has 0 radical (unpaired) electrons. The van der Waals surface area contributed by atoms with Crippen molar-refractivity contribution in [2.45, 2.75) is 19.2 Å². The highest BCUT2D eigenvalue weighted by molar-refractivity contribution is 6.34. The summed E-state index contributed by atoms with van der Waals surface area (Å²) in [6, 6.07) is 1.90. The minimum atomic E-state index is -4.77. The van der Waals surface area contributed by atoms with Gasteiger partial charge in [-0.3, -0.25) is 9.48 Å². The molecule has 0 aliphatic carbocycles. The summed E-state index contributed by atoms with van der Waals surface area (Å²) >= 11 is 11.7. The zero-order chi connectivity index (χ0) is 19.8. The topological polar surface area (TPSA) is 56.1 Å². The van der Waals surface area contributed by atoms with Crippen LogP contribution in [0.15, 0.2) is 12.1 Å². The molecule has 2 rings (SSSR count). The first kappa shape index (κ1) is 20.3. The van der Waals surface area contributed by atoms with E-state index in [1.54, 1.807) is 0 Å². The van der Waals surface area contributed by atoms with Crippen LogP contribution >= 0.6 is 23.2 Å². The zero-order valence-corrected chi connectivity index (χ0v) is 15.2. The predicted molar refractivity (Wildman–Crippen MR) is 87.8 cm³/mol. The molecule has 1 aromatic carbocycles. The van der Waals surface area contributed by atoms with Crippen molar-refractivity contribution >= 4 is 29.1 Å². The Bertz CT molecular complexity index is 852. The molecule has 0 saturated heterocycles. The molecule has 0 aliphatic heterocycles. The molecule has 142 valence electrons. The van der Waals surface area contributed by atoms with Gasteiger partial charge in [0.25, 0.3) is 5.91 Å². The second-order valence-corrected chi connectivity index (χ2v) is 6.05. The third-order valence-corrected chi connectivity index (χ3v) is 4.11. The van der Waals surface area contributed by atoms with Gasteiger partial charge in [-0.15, -0.1) is 0 Å². The van der Waals surface area contributed by atoms with E-state index in [9.17, 15) is 22.4 Å². The molecule has 26 heavy (non-hydrogen) atoms. The van der Waals surface area contributed by atoms with Crippen molar-refractivity contribution in [3.8, 4) is 17.0 Å². The second-order valence-electron chi connectivity index (χ2n) is 5.27. The Morgan fingerprint density at radius 3 is 2.46 bits per heavy atom. The van der Waals surface area contributed by atoms with Crippen LogP contribution in [0.2, 0.25) is 10.0 Å². The first-order valence-corrected chi connectivity index (χ1v) is 7.90. The van der Waals surface area contributed by atoms with Gasteiger partial charge in [-0.25, -0.2) is 4.39 Å². The van der Waals surface area contributed by atoms with E-state index in [-0.39, 0.29) is 16.3 Å². The standard InChI is InChI=1S/C15H13Cl2F4N3O2/c1-6(14(25)22-2)26-10-4-7(9(18)5-8(10)16)12-11(17)13(15(19,20)21)24(3)23-12/h4-6H,1-3H3,(H,22,25). The van der Waals surface area contributed by atoms with Crippen molar-refractivity contribution in [3.63, 3.8) is 0 Å². The normalized spacial score (nSPS) is 12.8. The molecule has 0 bridgehead atoms. The van der Waals surface area contributed by atoms with Gasteiger partial charge in [0.1, 0.15) is 17.3 Å². The van der Waals surface area contributed by atoms with Crippen LogP contribution in [0.1, 0.15) is 12.6 Å². The summed E-state index contributed by atoms with van der Waals surface area (Å²) in [5.41, 5.74) is -1.98. The van der Waals surface area contributed by atoms with E-state index in [0.717, 1.165) is 19.2 Å². The van der Waals surface area contributed by atoms with Gasteiger partial charge in [0, 0.05) is 19.7 Å². The lowest BCUT2D eigenvalue weighted by Crippen LogP contribution is -2.33. The van der Waals surface area contributed by atoms with Crippen molar-refractivity contribution in [1.29, 1.82) is 0 Å². The number of benzene rings is 1. The highest BCUT2D eigenvalue weighted by Crippen LogP contribution is 2.42. The van der Waals surface area contributed by atoms with Crippen molar-refractivity contribution in [2.75, 3.05) is 7.05 Å². The summed E-state index contributed by atoms with van der Waals surface area (Å²) in [7, 11) is 2.43. The number of nitrogens with zero attached hydrogens (tertiary/aromatic N) is 2. The number of hydrogen-bond donors (Lipinski definition) is 1. The highest BCUT2D eigenvalue weighted by atomic mass is 35.5. The Hall–Kier alpha value is -2.00. The summed E-state index contributed by atoms with van der Waals surface area (Å²) < 4.78 is 59.3. The van der Waals surface area contributed by atoms with Gasteiger partial charge in [0.2, 0.25) is 0 Å². The number of carbonyl (C=O) groups excluding carboxylic acids is 1. The maximum absolute atomic E-state index is 14.3. The molecule has 1 unspecified atom stereocenters. The molecule has 0 saturated carbocycles. The van der Waals surface area contributed by atoms with E-state index >= 15 is 0 Å². The molecule has 0 spiro atoms. The number of alkyl halides is 3. The van der Waals surface area contributed by atoms with E-state index in [1.807, 2.05) is 0 Å². The van der Waals surface area contributed by atoms with Crippen molar-refractivity contribution in [1.82, 2.24) is 15.1 Å². The predicted octanol–water partition coefficient (Wildman–Crippen LogP) is 4.07. The number of likely N-dealkylation sites (N-methyl/N-ethyl adjacent to an activating group) is 1. The van der Waals surface area contributed by atoms with Gasteiger partial charge in [-0.05, 0) is 19.1 Å². The zero-order valence-electron chi connectivity index (χ0n) is 13.7. The van der Waals surface area contributed by atoms with Crippen molar-refractivity contribution in [2.24, 2.45) is 7.05 Å². The number of aromatic nitrogens is 2. The maximum atomic E-state index is 14.3. The van der Waals surface area contributed by atoms with Gasteiger partial charge in [-0.2, -0.15) is 18.3 Å². The average Bonchev–Trinajstić information content (AvgIpc) is 2.83. The molecule has 1 N–H and O–H groups in total. The van der Waals surface area contributed by atoms with Gasteiger partial charge in [-0.1, -0.05) is 23.2 Å². The van der Waals surface area contributed by atoms with Gasteiger partial charge in [0.05, 0.1) is 10.0 Å². The quantitative estimate of drug-likeness (QED) is 0.768. The Labute approximate surface area is 155 Å².